The number of fused-ring (bicyclic) bond motifs is 1. The van der Waals surface area contributed by atoms with Gasteiger partial charge in [0.25, 0.3) is 0 Å². The van der Waals surface area contributed by atoms with Crippen molar-refractivity contribution in [3.05, 3.63) is 76.7 Å². The third kappa shape index (κ3) is 5.23. The van der Waals surface area contributed by atoms with Crippen LogP contribution in [-0.4, -0.2) is 19.5 Å². The number of rotatable bonds is 7. The Morgan fingerprint density at radius 3 is 2.67 bits per heavy atom. The summed E-state index contributed by atoms with van der Waals surface area (Å²) in [6.07, 6.45) is 6.54. The van der Waals surface area contributed by atoms with Crippen LogP contribution in [-0.2, 0) is 21.2 Å². The lowest BCUT2D eigenvalue weighted by atomic mass is 9.88. The lowest BCUT2D eigenvalue weighted by Crippen LogP contribution is -2.31. The number of amides is 1. The molecule has 1 heterocycles. The van der Waals surface area contributed by atoms with Crippen LogP contribution in [0.5, 0.6) is 0 Å². The van der Waals surface area contributed by atoms with E-state index in [1.165, 1.54) is 5.56 Å². The average molecular weight is 466 g/mol. The van der Waals surface area contributed by atoms with Crippen molar-refractivity contribution < 1.29 is 17.7 Å². The van der Waals surface area contributed by atoms with Gasteiger partial charge in [-0.05, 0) is 61.1 Å². The third-order valence-corrected chi connectivity index (χ3v) is 7.25. The molecule has 1 atom stereocenters. The normalized spacial score (nSPS) is 16.0. The van der Waals surface area contributed by atoms with Crippen molar-refractivity contribution in [3.8, 4) is 0 Å². The van der Waals surface area contributed by atoms with Gasteiger partial charge in [0.05, 0.1) is 4.90 Å². The number of benzene rings is 2. The van der Waals surface area contributed by atoms with Crippen LogP contribution in [0.2, 0.25) is 0 Å². The van der Waals surface area contributed by atoms with E-state index in [0.29, 0.717) is 23.6 Å². The molecule has 7 nitrogen and oxygen atoms in total. The molecule has 3 aromatic rings. The summed E-state index contributed by atoms with van der Waals surface area (Å²) >= 11 is 0. The summed E-state index contributed by atoms with van der Waals surface area (Å²) < 4.78 is 34.1. The van der Waals surface area contributed by atoms with Crippen molar-refractivity contribution in [2.45, 2.75) is 50.5 Å². The number of hydrogen-bond donors (Lipinski definition) is 2. The number of hydrogen-bond acceptors (Lipinski definition) is 5. The first kappa shape index (κ1) is 22.9. The fourth-order valence-corrected chi connectivity index (χ4v) is 5.19. The summed E-state index contributed by atoms with van der Waals surface area (Å²) in [6, 6.07) is 14.4. The minimum absolute atomic E-state index is 0.126. The lowest BCUT2D eigenvalue weighted by Gasteiger charge is -2.26. The van der Waals surface area contributed by atoms with Crippen molar-refractivity contribution in [2.24, 2.45) is 0 Å². The van der Waals surface area contributed by atoms with Gasteiger partial charge < -0.3 is 9.84 Å². The highest BCUT2D eigenvalue weighted by Crippen LogP contribution is 2.31. The van der Waals surface area contributed by atoms with Crippen molar-refractivity contribution in [2.75, 3.05) is 5.32 Å². The van der Waals surface area contributed by atoms with Crippen molar-refractivity contribution in [1.82, 2.24) is 9.88 Å². The maximum atomic E-state index is 13.0. The highest BCUT2D eigenvalue weighted by molar-refractivity contribution is 7.89. The van der Waals surface area contributed by atoms with Crippen LogP contribution in [0.1, 0.15) is 60.4 Å². The summed E-state index contributed by atoms with van der Waals surface area (Å²) in [6.45, 7) is 3.52. The Balaban J connectivity index is 1.48. The summed E-state index contributed by atoms with van der Waals surface area (Å²) in [4.78, 5) is 11.9. The molecule has 0 fully saturated rings. The maximum Gasteiger partial charge on any atom is 0.241 e. The average Bonchev–Trinajstić information content (AvgIpc) is 3.17. The second-order valence-electron chi connectivity index (χ2n) is 8.08. The summed E-state index contributed by atoms with van der Waals surface area (Å²) in [5.41, 5.74) is 4.18. The Labute approximate surface area is 193 Å². The number of nitrogens with one attached hydrogen (secondary N) is 2. The molecule has 0 bridgehead atoms. The van der Waals surface area contributed by atoms with Crippen LogP contribution >= 0.6 is 0 Å². The van der Waals surface area contributed by atoms with Crippen LogP contribution in [0.15, 0.2) is 57.9 Å². The van der Waals surface area contributed by atoms with E-state index in [-0.39, 0.29) is 16.8 Å². The molecular weight excluding hydrogens is 438 g/mol. The largest absolute Gasteiger partial charge is 0.354 e. The number of carbonyl (C=O) groups is 1. The number of anilines is 1. The number of aromatic nitrogens is 1. The third-order valence-electron chi connectivity index (χ3n) is 5.76. The van der Waals surface area contributed by atoms with Gasteiger partial charge in [-0.25, -0.2) is 13.1 Å². The molecule has 4 rings (SSSR count). The topological polar surface area (TPSA) is 101 Å². The number of nitrogens with zero attached hydrogens (tertiary/aromatic N) is 1. The van der Waals surface area contributed by atoms with Gasteiger partial charge in [0.1, 0.15) is 11.4 Å². The molecule has 33 heavy (non-hydrogen) atoms. The van der Waals surface area contributed by atoms with E-state index >= 15 is 0 Å². The Bertz CT molecular complexity index is 1280. The fourth-order valence-electron chi connectivity index (χ4n) is 3.94. The minimum atomic E-state index is -3.66. The Morgan fingerprint density at radius 1 is 1.15 bits per heavy atom. The highest BCUT2D eigenvalue weighted by Gasteiger charge is 2.25. The zero-order valence-corrected chi connectivity index (χ0v) is 19.5. The highest BCUT2D eigenvalue weighted by atomic mass is 32.2. The van der Waals surface area contributed by atoms with E-state index in [1.807, 2.05) is 18.2 Å². The second kappa shape index (κ2) is 9.72. The monoisotopic (exact) mass is 465 g/mol. The first-order chi connectivity index (χ1) is 15.9. The molecule has 0 saturated heterocycles. The SMILES string of the molecule is CCC(=O)Nc1c(C)noc1/C=C\c1ccc(S(=O)(=O)N[C@@H]2CCCc3ccccc32)cc1. The molecule has 2 aromatic carbocycles. The molecule has 2 N–H and O–H groups in total. The Kier molecular flexibility index (Phi) is 6.76. The smallest absolute Gasteiger partial charge is 0.241 e. The van der Waals surface area contributed by atoms with E-state index < -0.39 is 10.0 Å². The molecule has 1 aliphatic rings. The Morgan fingerprint density at radius 2 is 1.91 bits per heavy atom. The van der Waals surface area contributed by atoms with Gasteiger partial charge >= 0.3 is 0 Å². The van der Waals surface area contributed by atoms with Crippen LogP contribution in [0, 0.1) is 6.92 Å². The van der Waals surface area contributed by atoms with Crippen LogP contribution in [0.3, 0.4) is 0 Å². The molecule has 0 unspecified atom stereocenters. The second-order valence-corrected chi connectivity index (χ2v) is 9.79. The van der Waals surface area contributed by atoms with Crippen LogP contribution < -0.4 is 10.0 Å². The van der Waals surface area contributed by atoms with Gasteiger partial charge in [-0.2, -0.15) is 0 Å². The van der Waals surface area contributed by atoms with Gasteiger partial charge in [0, 0.05) is 12.5 Å². The summed E-state index contributed by atoms with van der Waals surface area (Å²) in [5.74, 6) is 0.308. The van der Waals surface area contributed by atoms with Crippen LogP contribution in [0.25, 0.3) is 12.2 Å². The van der Waals surface area contributed by atoms with E-state index in [2.05, 4.69) is 21.3 Å². The van der Waals surface area contributed by atoms with E-state index in [1.54, 1.807) is 50.3 Å². The lowest BCUT2D eigenvalue weighted by molar-refractivity contribution is -0.115. The number of aryl methyl sites for hydroxylation is 2. The maximum absolute atomic E-state index is 13.0. The first-order valence-corrected chi connectivity index (χ1v) is 12.5. The predicted octanol–water partition coefficient (Wildman–Crippen LogP) is 4.86. The standard InChI is InChI=1S/C25H27N3O4S/c1-3-24(29)26-25-17(2)27-32-23(25)16-13-18-11-14-20(15-12-18)33(30,31)28-22-10-6-8-19-7-4-5-9-21(19)22/h4-5,7,9,11-16,22,28H,3,6,8,10H2,1-2H3,(H,26,29)/b16-13-/t22-/m1/s1. The van der Waals surface area contributed by atoms with Gasteiger partial charge in [-0.15, -0.1) is 0 Å². The number of sulfonamides is 1. The van der Waals surface area contributed by atoms with Gasteiger partial charge in [0.2, 0.25) is 15.9 Å². The molecule has 0 radical (unpaired) electrons. The predicted molar refractivity (Wildman–Crippen MR) is 128 cm³/mol. The first-order valence-electron chi connectivity index (χ1n) is 11.0. The summed E-state index contributed by atoms with van der Waals surface area (Å²) in [7, 11) is -3.66. The molecule has 0 aliphatic heterocycles. The van der Waals surface area contributed by atoms with Crippen molar-refractivity contribution >= 4 is 33.8 Å². The van der Waals surface area contributed by atoms with Gasteiger partial charge in [0.15, 0.2) is 5.76 Å². The molecule has 1 amide bonds. The van der Waals surface area contributed by atoms with Crippen molar-refractivity contribution in [3.63, 3.8) is 0 Å². The molecular formula is C25H27N3O4S. The fraction of sp³-hybridized carbons (Fsp3) is 0.280. The van der Waals surface area contributed by atoms with Crippen molar-refractivity contribution in [1.29, 1.82) is 0 Å². The van der Waals surface area contributed by atoms with E-state index in [9.17, 15) is 13.2 Å². The zero-order valence-electron chi connectivity index (χ0n) is 18.7. The summed E-state index contributed by atoms with van der Waals surface area (Å²) in [5, 5.41) is 6.69. The quantitative estimate of drug-likeness (QED) is 0.519. The molecule has 0 saturated carbocycles. The minimum Gasteiger partial charge on any atom is -0.354 e. The molecule has 1 aromatic heterocycles. The molecule has 172 valence electrons. The van der Waals surface area contributed by atoms with E-state index in [0.717, 1.165) is 30.4 Å². The number of carbonyl (C=O) groups excluding carboxylic acids is 1. The van der Waals surface area contributed by atoms with Crippen LogP contribution in [0.4, 0.5) is 5.69 Å². The molecule has 0 spiro atoms. The van der Waals surface area contributed by atoms with Gasteiger partial charge in [-0.1, -0.05) is 54.6 Å². The molecule has 8 heteroatoms. The molecule has 1 aliphatic carbocycles. The van der Waals surface area contributed by atoms with E-state index in [4.69, 9.17) is 4.52 Å². The van der Waals surface area contributed by atoms with Gasteiger partial charge in [-0.3, -0.25) is 4.79 Å². The Hall–Kier alpha value is -3.23. The zero-order chi connectivity index (χ0) is 23.4.